The molecule has 3 heterocycles. The van der Waals surface area contributed by atoms with E-state index in [1.807, 2.05) is 72.8 Å². The van der Waals surface area contributed by atoms with Gasteiger partial charge in [0.15, 0.2) is 0 Å². The van der Waals surface area contributed by atoms with Gasteiger partial charge in [0.2, 0.25) is 12.2 Å². The van der Waals surface area contributed by atoms with Gasteiger partial charge in [0.1, 0.15) is 24.3 Å². The molecule has 1 unspecified atom stereocenters. The quantitative estimate of drug-likeness (QED) is 0.296. The van der Waals surface area contributed by atoms with Crippen LogP contribution in [0.1, 0.15) is 22.5 Å². The maximum atomic E-state index is 13.9. The Morgan fingerprint density at radius 3 is 2.58 bits per heavy atom. The van der Waals surface area contributed by atoms with E-state index in [4.69, 9.17) is 9.47 Å². The summed E-state index contributed by atoms with van der Waals surface area (Å²) in [6.07, 6.45) is 0.545. The van der Waals surface area contributed by atoms with Crippen LogP contribution in [0.3, 0.4) is 0 Å². The molecule has 11 heteroatoms. The third kappa shape index (κ3) is 6.37. The number of carbonyl (C=O) groups excluding carboxylic acids is 4. The molecule has 0 radical (unpaired) electrons. The van der Waals surface area contributed by atoms with E-state index in [1.165, 1.54) is 16.7 Å². The van der Waals surface area contributed by atoms with Gasteiger partial charge in [-0.2, -0.15) is 0 Å². The summed E-state index contributed by atoms with van der Waals surface area (Å²) in [6.45, 7) is -0.126. The lowest BCUT2D eigenvalue weighted by atomic mass is 10.1. The van der Waals surface area contributed by atoms with Crippen molar-refractivity contribution in [3.05, 3.63) is 102 Å². The van der Waals surface area contributed by atoms with Crippen LogP contribution in [0.2, 0.25) is 0 Å². The first-order valence-electron chi connectivity index (χ1n) is 13.8. The highest BCUT2D eigenvalue weighted by Crippen LogP contribution is 2.34. The van der Waals surface area contributed by atoms with Gasteiger partial charge in [-0.3, -0.25) is 24.2 Å². The number of hydrogen-bond donors (Lipinski definition) is 2. The van der Waals surface area contributed by atoms with Crippen LogP contribution in [0.25, 0.3) is 10.8 Å². The Kier molecular flexibility index (Phi) is 8.34. The molecule has 1 saturated heterocycles. The van der Waals surface area contributed by atoms with Crippen molar-refractivity contribution in [3.63, 3.8) is 0 Å². The number of thioether (sulfide) groups is 1. The number of para-hydroxylation sites is 1. The molecule has 2 aliphatic rings. The molecule has 0 bridgehead atoms. The number of aromatic nitrogens is 1. The number of nitrogens with zero attached hydrogens (tertiary/aromatic N) is 2. The topological polar surface area (TPSA) is 127 Å². The number of benzene rings is 3. The number of rotatable bonds is 8. The second kappa shape index (κ2) is 12.6. The molecule has 2 N–H and O–H groups in total. The van der Waals surface area contributed by atoms with Crippen molar-refractivity contribution in [3.8, 4) is 0 Å². The number of ether oxygens (including phenoxy) is 2. The average molecular weight is 597 g/mol. The normalized spacial score (nSPS) is 19.8. The van der Waals surface area contributed by atoms with Gasteiger partial charge >= 0.3 is 5.97 Å². The van der Waals surface area contributed by atoms with Gasteiger partial charge in [0.05, 0.1) is 18.7 Å². The summed E-state index contributed by atoms with van der Waals surface area (Å²) in [5.74, 6) is -1.62. The molecule has 1 aromatic heterocycles. The SMILES string of the molecule is O=C(CN1C(=O)[C@@H](NC(=O)c2nccc3ccccc23)CSc2ccccc21)N[C@H]1CC(=O)OC1OCc1ccccc1. The summed E-state index contributed by atoms with van der Waals surface area (Å²) in [6, 6.07) is 24.2. The van der Waals surface area contributed by atoms with Gasteiger partial charge < -0.3 is 25.0 Å². The summed E-state index contributed by atoms with van der Waals surface area (Å²) in [7, 11) is 0. The van der Waals surface area contributed by atoms with Crippen LogP contribution in [-0.4, -0.2) is 59.3 Å². The van der Waals surface area contributed by atoms with E-state index in [-0.39, 0.29) is 31.0 Å². The van der Waals surface area contributed by atoms with E-state index in [2.05, 4.69) is 15.6 Å². The number of hydrogen-bond acceptors (Lipinski definition) is 8. The third-order valence-electron chi connectivity index (χ3n) is 7.19. The minimum Gasteiger partial charge on any atom is -0.433 e. The van der Waals surface area contributed by atoms with Gasteiger partial charge in [0, 0.05) is 22.2 Å². The Hall–Kier alpha value is -4.74. The molecule has 0 saturated carbocycles. The lowest BCUT2D eigenvalue weighted by molar-refractivity contribution is -0.168. The van der Waals surface area contributed by atoms with E-state index in [1.54, 1.807) is 18.3 Å². The molecule has 6 rings (SSSR count). The summed E-state index contributed by atoms with van der Waals surface area (Å²) < 4.78 is 11.1. The molecule has 2 aliphatic heterocycles. The van der Waals surface area contributed by atoms with Crippen LogP contribution < -0.4 is 15.5 Å². The molecule has 0 aliphatic carbocycles. The van der Waals surface area contributed by atoms with Gasteiger partial charge in [-0.05, 0) is 29.1 Å². The van der Waals surface area contributed by atoms with Crippen LogP contribution in [0.15, 0.2) is 96.0 Å². The summed E-state index contributed by atoms with van der Waals surface area (Å²) in [5.41, 5.74) is 1.67. The summed E-state index contributed by atoms with van der Waals surface area (Å²) in [4.78, 5) is 59.1. The van der Waals surface area contributed by atoms with E-state index >= 15 is 0 Å². The Morgan fingerprint density at radius 2 is 1.72 bits per heavy atom. The predicted octanol–water partition coefficient (Wildman–Crippen LogP) is 3.45. The second-order valence-corrected chi connectivity index (χ2v) is 11.2. The molecule has 43 heavy (non-hydrogen) atoms. The zero-order valence-corrected chi connectivity index (χ0v) is 23.8. The van der Waals surface area contributed by atoms with E-state index in [0.29, 0.717) is 11.1 Å². The number of carbonyl (C=O) groups is 4. The van der Waals surface area contributed by atoms with Crippen molar-refractivity contribution in [2.45, 2.75) is 36.3 Å². The predicted molar refractivity (Wildman–Crippen MR) is 160 cm³/mol. The first-order chi connectivity index (χ1) is 21.0. The molecule has 3 atom stereocenters. The molecule has 10 nitrogen and oxygen atoms in total. The number of pyridine rings is 1. The molecule has 0 spiro atoms. The fraction of sp³-hybridized carbons (Fsp3) is 0.219. The summed E-state index contributed by atoms with van der Waals surface area (Å²) in [5, 5.41) is 7.18. The van der Waals surface area contributed by atoms with Crippen molar-refractivity contribution >= 4 is 51.9 Å². The standard InChI is InChI=1S/C32H28N4O6S/c37-27(34-23-16-28(38)42-32(23)41-18-20-8-2-1-3-9-20)17-36-25-12-6-7-13-26(25)43-19-24(31(36)40)35-30(39)29-22-11-5-4-10-21(22)14-15-33-29/h1-15,23-24,32H,16-19H2,(H,34,37)(H,35,39)/t23-,24-,32?/m0/s1. The largest absolute Gasteiger partial charge is 0.433 e. The van der Waals surface area contributed by atoms with Crippen LogP contribution in [0, 0.1) is 0 Å². The number of fused-ring (bicyclic) bond motifs is 2. The van der Waals surface area contributed by atoms with Crippen molar-refractivity contribution in [2.24, 2.45) is 0 Å². The zero-order chi connectivity index (χ0) is 29.8. The Bertz CT molecular complexity index is 1680. The van der Waals surface area contributed by atoms with Gasteiger partial charge in [-0.1, -0.05) is 66.7 Å². The third-order valence-corrected chi connectivity index (χ3v) is 8.34. The zero-order valence-electron chi connectivity index (χ0n) is 23.0. The Balaban J connectivity index is 1.17. The van der Waals surface area contributed by atoms with Crippen molar-refractivity contribution in [1.82, 2.24) is 15.6 Å². The molecule has 4 aromatic rings. The van der Waals surface area contributed by atoms with Crippen LogP contribution in [0.4, 0.5) is 5.69 Å². The minimum absolute atomic E-state index is 0.0533. The molecule has 1 fully saturated rings. The minimum atomic E-state index is -0.959. The van der Waals surface area contributed by atoms with Crippen molar-refractivity contribution in [2.75, 3.05) is 17.2 Å². The molecule has 3 aromatic carbocycles. The highest BCUT2D eigenvalue weighted by molar-refractivity contribution is 7.99. The van der Waals surface area contributed by atoms with Crippen molar-refractivity contribution in [1.29, 1.82) is 0 Å². The average Bonchev–Trinajstić information content (AvgIpc) is 3.32. The number of anilines is 1. The Morgan fingerprint density at radius 1 is 0.953 bits per heavy atom. The number of nitrogens with one attached hydrogen (secondary N) is 2. The summed E-state index contributed by atoms with van der Waals surface area (Å²) >= 11 is 1.42. The van der Waals surface area contributed by atoms with Gasteiger partial charge in [0.25, 0.3) is 11.8 Å². The first-order valence-corrected chi connectivity index (χ1v) is 14.8. The van der Waals surface area contributed by atoms with Gasteiger partial charge in [-0.25, -0.2) is 0 Å². The van der Waals surface area contributed by atoms with Crippen LogP contribution >= 0.6 is 11.8 Å². The lowest BCUT2D eigenvalue weighted by Gasteiger charge is -2.26. The number of amides is 3. The monoisotopic (exact) mass is 596 g/mol. The fourth-order valence-corrected chi connectivity index (χ4v) is 6.17. The number of esters is 1. The first kappa shape index (κ1) is 28.4. The van der Waals surface area contributed by atoms with E-state index < -0.39 is 42.1 Å². The van der Waals surface area contributed by atoms with Gasteiger partial charge in [-0.15, -0.1) is 11.8 Å². The molecular weight excluding hydrogens is 568 g/mol. The second-order valence-electron chi connectivity index (χ2n) is 10.1. The maximum Gasteiger partial charge on any atom is 0.310 e. The van der Waals surface area contributed by atoms with Crippen molar-refractivity contribution < 1.29 is 28.7 Å². The molecular formula is C32H28N4O6S. The highest BCUT2D eigenvalue weighted by Gasteiger charge is 2.38. The highest BCUT2D eigenvalue weighted by atomic mass is 32.2. The molecule has 218 valence electrons. The maximum absolute atomic E-state index is 13.9. The van der Waals surface area contributed by atoms with Crippen LogP contribution in [-0.2, 0) is 30.5 Å². The smallest absolute Gasteiger partial charge is 0.310 e. The Labute approximate surface area is 251 Å². The fourth-order valence-electron chi connectivity index (χ4n) is 5.10. The van der Waals surface area contributed by atoms with E-state index in [9.17, 15) is 19.2 Å². The number of cyclic esters (lactones) is 1. The van der Waals surface area contributed by atoms with Crippen LogP contribution in [0.5, 0.6) is 0 Å². The van der Waals surface area contributed by atoms with E-state index in [0.717, 1.165) is 15.8 Å². The lowest BCUT2D eigenvalue weighted by Crippen LogP contribution is -2.53. The molecule has 3 amide bonds.